The van der Waals surface area contributed by atoms with Crippen LogP contribution >= 0.6 is 15.9 Å². The zero-order valence-corrected chi connectivity index (χ0v) is 9.81. The van der Waals surface area contributed by atoms with E-state index in [9.17, 15) is 4.79 Å². The van der Waals surface area contributed by atoms with Gasteiger partial charge in [-0.3, -0.25) is 9.78 Å². The van der Waals surface area contributed by atoms with E-state index in [0.29, 0.717) is 11.4 Å². The van der Waals surface area contributed by atoms with Gasteiger partial charge in [0.1, 0.15) is 5.82 Å². The van der Waals surface area contributed by atoms with Gasteiger partial charge >= 0.3 is 0 Å². The predicted molar refractivity (Wildman–Crippen MR) is 64.1 cm³/mol. The number of carbonyl (C=O) groups is 1. The lowest BCUT2D eigenvalue weighted by atomic mass is 10.3. The molecule has 4 nitrogen and oxygen atoms in total. The van der Waals surface area contributed by atoms with Crippen molar-refractivity contribution in [2.24, 2.45) is 0 Å². The fourth-order valence-electron chi connectivity index (χ4n) is 1.14. The molecule has 0 saturated heterocycles. The van der Waals surface area contributed by atoms with Gasteiger partial charge in [-0.15, -0.1) is 0 Å². The van der Waals surface area contributed by atoms with Gasteiger partial charge in [-0.1, -0.05) is 0 Å². The summed E-state index contributed by atoms with van der Waals surface area (Å²) in [5.41, 5.74) is 0.507. The van der Waals surface area contributed by atoms with E-state index in [0.717, 1.165) is 4.47 Å². The van der Waals surface area contributed by atoms with Crippen molar-refractivity contribution in [3.63, 3.8) is 0 Å². The number of amides is 1. The molecule has 0 aliphatic heterocycles. The number of nitrogens with zero attached hydrogens (tertiary/aromatic N) is 2. The van der Waals surface area contributed by atoms with Crippen molar-refractivity contribution in [1.29, 1.82) is 0 Å². The van der Waals surface area contributed by atoms with Crippen LogP contribution in [0, 0.1) is 0 Å². The number of carbonyl (C=O) groups excluding carboxylic acids is 1. The minimum Gasteiger partial charge on any atom is -0.307 e. The zero-order valence-electron chi connectivity index (χ0n) is 8.22. The van der Waals surface area contributed by atoms with Crippen LogP contribution in [0.15, 0.2) is 47.3 Å². The van der Waals surface area contributed by atoms with Gasteiger partial charge in [0.25, 0.3) is 5.91 Å². The van der Waals surface area contributed by atoms with Gasteiger partial charge in [0.05, 0.1) is 5.56 Å². The van der Waals surface area contributed by atoms with Crippen LogP contribution in [0.4, 0.5) is 5.82 Å². The molecule has 1 N–H and O–H groups in total. The van der Waals surface area contributed by atoms with Gasteiger partial charge in [0, 0.05) is 23.1 Å². The summed E-state index contributed by atoms with van der Waals surface area (Å²) >= 11 is 3.27. The Morgan fingerprint density at radius 2 is 2.12 bits per heavy atom. The standard InChI is InChI=1S/C11H8BrN3O/c12-9-3-4-10(14-7-9)15-11(16)8-2-1-5-13-6-8/h1-7H,(H,14,15,16). The molecule has 2 heterocycles. The van der Waals surface area contributed by atoms with Crippen LogP contribution in [0.1, 0.15) is 10.4 Å². The summed E-state index contributed by atoms with van der Waals surface area (Å²) in [6.07, 6.45) is 4.75. The van der Waals surface area contributed by atoms with Crippen molar-refractivity contribution in [1.82, 2.24) is 9.97 Å². The number of halogens is 1. The van der Waals surface area contributed by atoms with Crippen LogP contribution in [0.5, 0.6) is 0 Å². The molecule has 0 radical (unpaired) electrons. The number of hydrogen-bond acceptors (Lipinski definition) is 3. The average Bonchev–Trinajstić information content (AvgIpc) is 2.33. The molecule has 2 aromatic rings. The summed E-state index contributed by atoms with van der Waals surface area (Å²) in [6.45, 7) is 0. The second kappa shape index (κ2) is 4.85. The van der Waals surface area contributed by atoms with Gasteiger partial charge in [-0.2, -0.15) is 0 Å². The number of nitrogens with one attached hydrogen (secondary N) is 1. The lowest BCUT2D eigenvalue weighted by Gasteiger charge is -2.03. The SMILES string of the molecule is O=C(Nc1ccc(Br)cn1)c1cccnc1. The summed E-state index contributed by atoms with van der Waals surface area (Å²) in [5.74, 6) is 0.292. The third kappa shape index (κ3) is 2.64. The smallest absolute Gasteiger partial charge is 0.258 e. The normalized spacial score (nSPS) is 9.81. The van der Waals surface area contributed by atoms with Crippen molar-refractivity contribution in [3.05, 3.63) is 52.9 Å². The molecule has 2 aromatic heterocycles. The highest BCUT2D eigenvalue weighted by Crippen LogP contribution is 2.11. The average molecular weight is 278 g/mol. The monoisotopic (exact) mass is 277 g/mol. The van der Waals surface area contributed by atoms with Crippen LogP contribution < -0.4 is 5.32 Å². The third-order valence-electron chi connectivity index (χ3n) is 1.89. The molecule has 1 amide bonds. The van der Waals surface area contributed by atoms with E-state index in [4.69, 9.17) is 0 Å². The molecule has 0 fully saturated rings. The van der Waals surface area contributed by atoms with Gasteiger partial charge < -0.3 is 5.32 Å². The highest BCUT2D eigenvalue weighted by atomic mass is 79.9. The number of pyridine rings is 2. The first-order chi connectivity index (χ1) is 7.75. The Morgan fingerprint density at radius 1 is 1.25 bits per heavy atom. The van der Waals surface area contributed by atoms with Crippen LogP contribution in [-0.2, 0) is 0 Å². The number of anilines is 1. The van der Waals surface area contributed by atoms with Crippen molar-refractivity contribution < 1.29 is 4.79 Å². The fourth-order valence-corrected chi connectivity index (χ4v) is 1.37. The Labute approximate surface area is 101 Å². The lowest BCUT2D eigenvalue weighted by molar-refractivity contribution is 0.102. The molecule has 0 aromatic carbocycles. The fraction of sp³-hybridized carbons (Fsp3) is 0. The second-order valence-corrected chi connectivity index (χ2v) is 3.97. The molecular weight excluding hydrogens is 270 g/mol. The molecule has 0 aliphatic carbocycles. The first-order valence-electron chi connectivity index (χ1n) is 4.58. The molecule has 5 heteroatoms. The van der Waals surface area contributed by atoms with E-state index < -0.39 is 0 Å². The summed E-state index contributed by atoms with van der Waals surface area (Å²) in [4.78, 5) is 19.6. The van der Waals surface area contributed by atoms with E-state index in [1.165, 1.54) is 6.20 Å². The topological polar surface area (TPSA) is 54.9 Å². The molecule has 0 spiro atoms. The molecule has 0 aliphatic rings. The Bertz CT molecular complexity index is 484. The van der Waals surface area contributed by atoms with Gasteiger partial charge in [0.15, 0.2) is 0 Å². The summed E-state index contributed by atoms with van der Waals surface area (Å²) in [5, 5.41) is 2.67. The third-order valence-corrected chi connectivity index (χ3v) is 2.36. The number of rotatable bonds is 2. The Hall–Kier alpha value is -1.75. The van der Waals surface area contributed by atoms with Crippen LogP contribution in [0.3, 0.4) is 0 Å². The predicted octanol–water partition coefficient (Wildman–Crippen LogP) is 2.49. The molecule has 0 unspecified atom stereocenters. The quantitative estimate of drug-likeness (QED) is 0.918. The minimum atomic E-state index is -0.220. The van der Waals surface area contributed by atoms with Crippen molar-refractivity contribution in [2.75, 3.05) is 5.32 Å². The maximum absolute atomic E-state index is 11.7. The minimum absolute atomic E-state index is 0.220. The second-order valence-electron chi connectivity index (χ2n) is 3.06. The lowest BCUT2D eigenvalue weighted by Crippen LogP contribution is -2.12. The van der Waals surface area contributed by atoms with E-state index in [1.54, 1.807) is 30.6 Å². The van der Waals surface area contributed by atoms with Crippen molar-refractivity contribution in [2.45, 2.75) is 0 Å². The van der Waals surface area contributed by atoms with Gasteiger partial charge in [0.2, 0.25) is 0 Å². The van der Waals surface area contributed by atoms with Crippen LogP contribution in [0.25, 0.3) is 0 Å². The maximum Gasteiger partial charge on any atom is 0.258 e. The van der Waals surface area contributed by atoms with Crippen LogP contribution in [-0.4, -0.2) is 15.9 Å². The first-order valence-corrected chi connectivity index (χ1v) is 5.38. The molecule has 0 saturated carbocycles. The van der Waals surface area contributed by atoms with E-state index >= 15 is 0 Å². The summed E-state index contributed by atoms with van der Waals surface area (Å²) in [6, 6.07) is 6.94. The van der Waals surface area contributed by atoms with Gasteiger partial charge in [-0.25, -0.2) is 4.98 Å². The Morgan fingerprint density at radius 3 is 2.75 bits per heavy atom. The summed E-state index contributed by atoms with van der Waals surface area (Å²) < 4.78 is 0.867. The highest BCUT2D eigenvalue weighted by molar-refractivity contribution is 9.10. The molecular formula is C11H8BrN3O. The first kappa shape index (κ1) is 10.8. The molecule has 0 atom stereocenters. The van der Waals surface area contributed by atoms with Crippen molar-refractivity contribution in [3.8, 4) is 0 Å². The van der Waals surface area contributed by atoms with Gasteiger partial charge in [-0.05, 0) is 40.2 Å². The summed E-state index contributed by atoms with van der Waals surface area (Å²) in [7, 11) is 0. The van der Waals surface area contributed by atoms with Crippen LogP contribution in [0.2, 0.25) is 0 Å². The van der Waals surface area contributed by atoms with E-state index in [-0.39, 0.29) is 5.91 Å². The Balaban J connectivity index is 2.11. The largest absolute Gasteiger partial charge is 0.307 e. The van der Waals surface area contributed by atoms with E-state index in [2.05, 4.69) is 31.2 Å². The maximum atomic E-state index is 11.7. The number of aromatic nitrogens is 2. The highest BCUT2D eigenvalue weighted by Gasteiger charge is 2.05. The van der Waals surface area contributed by atoms with Crippen molar-refractivity contribution >= 4 is 27.7 Å². The molecule has 0 bridgehead atoms. The molecule has 80 valence electrons. The van der Waals surface area contributed by atoms with E-state index in [1.807, 2.05) is 6.07 Å². The molecule has 16 heavy (non-hydrogen) atoms. The Kier molecular flexibility index (Phi) is 3.26. The zero-order chi connectivity index (χ0) is 11.4. The molecule has 2 rings (SSSR count). The number of hydrogen-bond donors (Lipinski definition) is 1.